The lowest BCUT2D eigenvalue weighted by Crippen LogP contribution is -2.48. The number of aliphatic imine (C=N–C) groups is 2. The summed E-state index contributed by atoms with van der Waals surface area (Å²) < 4.78 is 2.25. The van der Waals surface area contributed by atoms with Gasteiger partial charge >= 0.3 is 5.82 Å². The molecule has 0 atom stereocenters. The normalized spacial score (nSPS) is 13.8. The molecular formula is C35H33N6+. The second-order valence-electron chi connectivity index (χ2n) is 10.7. The molecule has 202 valence electrons. The molecule has 0 saturated carbocycles. The largest absolute Gasteiger partial charge is 0.374 e. The van der Waals surface area contributed by atoms with Crippen molar-refractivity contribution >= 4 is 51.4 Å². The minimum Gasteiger partial charge on any atom is -0.302 e. The van der Waals surface area contributed by atoms with Crippen LogP contribution in [0.5, 0.6) is 0 Å². The number of fused-ring (bicyclic) bond motifs is 4. The highest BCUT2D eigenvalue weighted by Gasteiger charge is 2.42. The second kappa shape index (κ2) is 10.3. The van der Waals surface area contributed by atoms with Gasteiger partial charge in [-0.15, -0.1) is 0 Å². The van der Waals surface area contributed by atoms with E-state index in [2.05, 4.69) is 113 Å². The van der Waals surface area contributed by atoms with E-state index < -0.39 is 0 Å². The van der Waals surface area contributed by atoms with Gasteiger partial charge in [-0.2, -0.15) is 4.57 Å². The molecule has 0 saturated heterocycles. The fourth-order valence-corrected chi connectivity index (χ4v) is 5.86. The molecule has 6 heteroatoms. The average molecular weight is 538 g/mol. The fourth-order valence-electron chi connectivity index (χ4n) is 5.86. The van der Waals surface area contributed by atoms with E-state index >= 15 is 0 Å². The molecule has 0 bridgehead atoms. The van der Waals surface area contributed by atoms with Gasteiger partial charge in [-0.25, -0.2) is 9.98 Å². The molecular weight excluding hydrogens is 504 g/mol. The van der Waals surface area contributed by atoms with Crippen molar-refractivity contribution in [1.29, 1.82) is 0 Å². The third-order valence-electron chi connectivity index (χ3n) is 7.79. The molecule has 7 rings (SSSR count). The third-order valence-corrected chi connectivity index (χ3v) is 7.79. The first kappa shape index (κ1) is 25.1. The Morgan fingerprint density at radius 2 is 1.39 bits per heavy atom. The first-order chi connectivity index (χ1) is 20.2. The molecule has 4 aromatic carbocycles. The Hall–Kier alpha value is -4.84. The Balaban J connectivity index is 1.54. The zero-order valence-corrected chi connectivity index (χ0v) is 23.7. The van der Waals surface area contributed by atoms with E-state index in [1.54, 1.807) is 0 Å². The lowest BCUT2D eigenvalue weighted by molar-refractivity contribution is -0.552. The van der Waals surface area contributed by atoms with E-state index in [0.717, 1.165) is 82.8 Å². The van der Waals surface area contributed by atoms with Crippen molar-refractivity contribution in [2.75, 3.05) is 16.8 Å². The van der Waals surface area contributed by atoms with Crippen molar-refractivity contribution in [1.82, 2.24) is 4.98 Å². The highest BCUT2D eigenvalue weighted by Crippen LogP contribution is 2.43. The topological polar surface area (TPSA) is 48.0 Å². The smallest absolute Gasteiger partial charge is 0.302 e. The monoisotopic (exact) mass is 537 g/mol. The Bertz CT molecular complexity index is 1830. The summed E-state index contributed by atoms with van der Waals surface area (Å²) in [6.45, 7) is 4.43. The number of hydrogen-bond donors (Lipinski definition) is 0. The van der Waals surface area contributed by atoms with E-state index in [1.807, 2.05) is 19.2 Å². The van der Waals surface area contributed by atoms with Gasteiger partial charge in [0.2, 0.25) is 11.7 Å². The summed E-state index contributed by atoms with van der Waals surface area (Å²) in [6, 6.07) is 34.1. The predicted molar refractivity (Wildman–Crippen MR) is 169 cm³/mol. The standard InChI is InChI=1S/C35H33N6/c1-4-12-24-18-20-28-30(22-24)40(26-14-8-6-9-15-26)34-32(36-28)39(3)33-35(38-34)41(27-16-10-7-11-17-27)31-23-25(13-5-2)19-21-29(31)37-33/h6-11,14-23H,4-5,12-13H2,1-3H3/q+1. The van der Waals surface area contributed by atoms with E-state index in [9.17, 15) is 0 Å². The molecule has 0 N–H and O–H groups in total. The number of para-hydroxylation sites is 2. The van der Waals surface area contributed by atoms with Gasteiger partial charge in [-0.1, -0.05) is 75.2 Å². The summed E-state index contributed by atoms with van der Waals surface area (Å²) in [6.07, 6.45) is 4.22. The van der Waals surface area contributed by atoms with Crippen LogP contribution in [0.25, 0.3) is 16.7 Å². The quantitative estimate of drug-likeness (QED) is 0.208. The molecule has 5 aromatic rings. The Morgan fingerprint density at radius 3 is 2.12 bits per heavy atom. The summed E-state index contributed by atoms with van der Waals surface area (Å²) in [5.41, 5.74) is 8.65. The lowest BCUT2D eigenvalue weighted by Gasteiger charge is -2.34. The summed E-state index contributed by atoms with van der Waals surface area (Å²) in [7, 11) is 2.05. The van der Waals surface area contributed by atoms with Gasteiger partial charge in [0.1, 0.15) is 11.2 Å². The first-order valence-corrected chi connectivity index (χ1v) is 14.5. The highest BCUT2D eigenvalue weighted by molar-refractivity contribution is 6.53. The molecule has 0 spiro atoms. The number of benzene rings is 4. The van der Waals surface area contributed by atoms with Crippen LogP contribution >= 0.6 is 0 Å². The number of nitrogens with zero attached hydrogens (tertiary/aromatic N) is 6. The van der Waals surface area contributed by atoms with E-state index in [0.29, 0.717) is 0 Å². The van der Waals surface area contributed by atoms with Gasteiger partial charge in [-0.3, -0.25) is 4.90 Å². The zero-order chi connectivity index (χ0) is 27.9. The van der Waals surface area contributed by atoms with E-state index in [-0.39, 0.29) is 0 Å². The lowest BCUT2D eigenvalue weighted by atomic mass is 10.1. The van der Waals surface area contributed by atoms with Crippen molar-refractivity contribution in [2.45, 2.75) is 39.5 Å². The Labute approximate surface area is 241 Å². The average Bonchev–Trinajstić information content (AvgIpc) is 3.01. The summed E-state index contributed by atoms with van der Waals surface area (Å²) >= 11 is 0. The molecule has 1 aromatic heterocycles. The van der Waals surface area contributed by atoms with Crippen LogP contribution in [-0.2, 0) is 12.8 Å². The molecule has 2 aliphatic heterocycles. The number of hydrogen-bond acceptors (Lipinski definition) is 5. The number of likely N-dealkylation sites (N-methyl/N-ethyl adjacent to an activating group) is 1. The number of amidine groups is 2. The zero-order valence-electron chi connectivity index (χ0n) is 23.7. The van der Waals surface area contributed by atoms with Crippen LogP contribution in [0.15, 0.2) is 107 Å². The highest BCUT2D eigenvalue weighted by atomic mass is 15.4. The number of rotatable bonds is 6. The molecule has 0 unspecified atom stereocenters. The Morgan fingerprint density at radius 1 is 0.707 bits per heavy atom. The van der Waals surface area contributed by atoms with Crippen molar-refractivity contribution in [3.63, 3.8) is 0 Å². The number of aryl methyl sites for hydroxylation is 2. The van der Waals surface area contributed by atoms with Gasteiger partial charge in [0.05, 0.1) is 11.4 Å². The number of anilines is 3. The van der Waals surface area contributed by atoms with Crippen molar-refractivity contribution in [2.24, 2.45) is 9.98 Å². The molecule has 0 radical (unpaired) electrons. The van der Waals surface area contributed by atoms with Gasteiger partial charge < -0.3 is 4.90 Å². The maximum Gasteiger partial charge on any atom is 0.374 e. The van der Waals surface area contributed by atoms with Crippen molar-refractivity contribution < 1.29 is 4.57 Å². The molecule has 2 aliphatic rings. The Kier molecular flexibility index (Phi) is 6.31. The molecule has 0 fully saturated rings. The molecule has 0 aliphatic carbocycles. The third kappa shape index (κ3) is 4.27. The molecule has 41 heavy (non-hydrogen) atoms. The summed E-state index contributed by atoms with van der Waals surface area (Å²) in [5.74, 6) is 3.16. The fraction of sp³-hybridized carbons (Fsp3) is 0.200. The first-order valence-electron chi connectivity index (χ1n) is 14.5. The van der Waals surface area contributed by atoms with Crippen LogP contribution in [-0.4, -0.2) is 23.7 Å². The van der Waals surface area contributed by atoms with Gasteiger partial charge in [0, 0.05) is 12.7 Å². The molecule has 3 heterocycles. The van der Waals surface area contributed by atoms with Crippen LogP contribution in [0, 0.1) is 0 Å². The minimum atomic E-state index is 0.783. The van der Waals surface area contributed by atoms with Gasteiger partial charge in [0.15, 0.2) is 5.52 Å². The van der Waals surface area contributed by atoms with E-state index in [4.69, 9.17) is 15.0 Å². The van der Waals surface area contributed by atoms with Crippen LogP contribution < -0.4 is 14.4 Å². The number of aromatic nitrogens is 2. The second-order valence-corrected chi connectivity index (χ2v) is 10.7. The van der Waals surface area contributed by atoms with Crippen LogP contribution in [0.1, 0.15) is 37.8 Å². The SMILES string of the molecule is CCCc1ccc2c(c1)N(c1ccccc1)C1=Nc3c(nc4ccc(CCC)cc4[n+]3-c3ccccc3)N(C)C1=N2. The van der Waals surface area contributed by atoms with Crippen LogP contribution in [0.4, 0.5) is 28.7 Å². The van der Waals surface area contributed by atoms with Crippen molar-refractivity contribution in [3.05, 3.63) is 108 Å². The molecule has 0 amide bonds. The predicted octanol–water partition coefficient (Wildman–Crippen LogP) is 7.78. The van der Waals surface area contributed by atoms with Gasteiger partial charge in [0.25, 0.3) is 5.84 Å². The van der Waals surface area contributed by atoms with Crippen LogP contribution in [0.3, 0.4) is 0 Å². The van der Waals surface area contributed by atoms with Crippen LogP contribution in [0.2, 0.25) is 0 Å². The maximum atomic E-state index is 5.42. The van der Waals surface area contributed by atoms with Crippen molar-refractivity contribution in [3.8, 4) is 5.69 Å². The van der Waals surface area contributed by atoms with Gasteiger partial charge in [-0.05, 0) is 77.5 Å². The minimum absolute atomic E-state index is 0.783. The maximum absolute atomic E-state index is 5.42. The summed E-state index contributed by atoms with van der Waals surface area (Å²) in [5, 5.41) is 0. The summed E-state index contributed by atoms with van der Waals surface area (Å²) in [4.78, 5) is 20.1. The van der Waals surface area contributed by atoms with E-state index in [1.165, 1.54) is 11.1 Å². The molecule has 6 nitrogen and oxygen atoms in total.